The third kappa shape index (κ3) is 4.36. The van der Waals surface area contributed by atoms with E-state index in [1.54, 1.807) is 0 Å². The van der Waals surface area contributed by atoms with E-state index in [9.17, 15) is 18.0 Å². The van der Waals surface area contributed by atoms with Crippen molar-refractivity contribution in [2.24, 2.45) is 0 Å². The molecule has 0 aliphatic heterocycles. The van der Waals surface area contributed by atoms with Crippen LogP contribution in [0.25, 0.3) is 0 Å². The van der Waals surface area contributed by atoms with Crippen LogP contribution in [0.1, 0.15) is 30.6 Å². The fraction of sp³-hybridized carbons (Fsp3) is 0.333. The fourth-order valence-corrected chi connectivity index (χ4v) is 2.25. The molecule has 0 saturated heterocycles. The van der Waals surface area contributed by atoms with Gasteiger partial charge < -0.3 is 5.32 Å². The minimum absolute atomic E-state index is 0.0656. The maximum Gasteiger partial charge on any atom is 0.328 e. The van der Waals surface area contributed by atoms with Gasteiger partial charge in [-0.2, -0.15) is 0 Å². The summed E-state index contributed by atoms with van der Waals surface area (Å²) in [6.07, 6.45) is 0.709. The van der Waals surface area contributed by atoms with Gasteiger partial charge in [0.2, 0.25) is 0 Å². The van der Waals surface area contributed by atoms with E-state index in [4.69, 9.17) is 0 Å². The van der Waals surface area contributed by atoms with Crippen molar-refractivity contribution in [2.75, 3.05) is 6.54 Å². The molecule has 1 aromatic rings. The Bertz CT molecular complexity index is 564. The van der Waals surface area contributed by atoms with Gasteiger partial charge in [0.05, 0.1) is 4.90 Å². The minimum Gasteiger partial charge on any atom is -0.337 e. The third-order valence-electron chi connectivity index (χ3n) is 2.33. The van der Waals surface area contributed by atoms with Crippen LogP contribution in [0, 0.1) is 0 Å². The number of hydrogen-bond donors (Lipinski definition) is 2. The van der Waals surface area contributed by atoms with Crippen LogP contribution in [0.3, 0.4) is 0 Å². The van der Waals surface area contributed by atoms with E-state index in [-0.39, 0.29) is 10.7 Å². The van der Waals surface area contributed by atoms with E-state index >= 15 is 0 Å². The molecular weight excluding hydrogens is 268 g/mol. The van der Waals surface area contributed by atoms with Crippen LogP contribution in [0.15, 0.2) is 29.2 Å². The number of carbonyl (C=O) groups excluding carboxylic acids is 2. The first kappa shape index (κ1) is 15.2. The molecule has 0 atom stereocenters. The number of benzene rings is 1. The molecule has 1 rings (SSSR count). The fourth-order valence-electron chi connectivity index (χ4n) is 1.32. The van der Waals surface area contributed by atoms with Crippen LogP contribution in [0.5, 0.6) is 0 Å². The van der Waals surface area contributed by atoms with Crippen molar-refractivity contribution in [3.05, 3.63) is 29.8 Å². The first-order valence-electron chi connectivity index (χ1n) is 5.78. The van der Waals surface area contributed by atoms with Crippen LogP contribution in [-0.4, -0.2) is 26.8 Å². The maximum atomic E-state index is 11.8. The van der Waals surface area contributed by atoms with E-state index in [1.165, 1.54) is 31.2 Å². The predicted molar refractivity (Wildman–Crippen MR) is 70.5 cm³/mol. The van der Waals surface area contributed by atoms with Gasteiger partial charge in [-0.15, -0.1) is 0 Å². The Labute approximate surface area is 112 Å². The summed E-state index contributed by atoms with van der Waals surface area (Å²) in [5.74, 6) is -0.155. The second-order valence-electron chi connectivity index (χ2n) is 3.94. The average molecular weight is 284 g/mol. The van der Waals surface area contributed by atoms with E-state index in [0.29, 0.717) is 18.5 Å². The van der Waals surface area contributed by atoms with Crippen LogP contribution in [-0.2, 0) is 10.0 Å². The van der Waals surface area contributed by atoms with Crippen molar-refractivity contribution in [1.82, 2.24) is 10.0 Å². The highest BCUT2D eigenvalue weighted by Crippen LogP contribution is 2.10. The van der Waals surface area contributed by atoms with Crippen LogP contribution < -0.4 is 10.0 Å². The van der Waals surface area contributed by atoms with Gasteiger partial charge in [-0.25, -0.2) is 17.9 Å². The van der Waals surface area contributed by atoms with Crippen molar-refractivity contribution >= 4 is 21.8 Å². The Morgan fingerprint density at radius 2 is 1.74 bits per heavy atom. The van der Waals surface area contributed by atoms with Crippen LogP contribution in [0.4, 0.5) is 4.79 Å². The SMILES string of the molecule is CCCNC(=O)NS(=O)(=O)c1ccc(C(C)=O)cc1. The number of hydrogen-bond acceptors (Lipinski definition) is 4. The third-order valence-corrected chi connectivity index (χ3v) is 3.68. The predicted octanol–water partition coefficient (Wildman–Crippen LogP) is 1.29. The highest BCUT2D eigenvalue weighted by molar-refractivity contribution is 7.90. The average Bonchev–Trinajstić information content (AvgIpc) is 2.36. The van der Waals surface area contributed by atoms with Crippen LogP contribution >= 0.6 is 0 Å². The van der Waals surface area contributed by atoms with Gasteiger partial charge in [-0.05, 0) is 25.5 Å². The summed E-state index contributed by atoms with van der Waals surface area (Å²) >= 11 is 0. The zero-order valence-electron chi connectivity index (χ0n) is 10.8. The normalized spacial score (nSPS) is 10.8. The molecule has 19 heavy (non-hydrogen) atoms. The largest absolute Gasteiger partial charge is 0.337 e. The molecular formula is C12H16N2O4S. The van der Waals surface area contributed by atoms with Crippen molar-refractivity contribution < 1.29 is 18.0 Å². The summed E-state index contributed by atoms with van der Waals surface area (Å²) in [4.78, 5) is 22.3. The lowest BCUT2D eigenvalue weighted by molar-refractivity contribution is 0.101. The number of amides is 2. The highest BCUT2D eigenvalue weighted by Gasteiger charge is 2.17. The lowest BCUT2D eigenvalue weighted by atomic mass is 10.2. The van der Waals surface area contributed by atoms with Crippen molar-refractivity contribution in [1.29, 1.82) is 0 Å². The second kappa shape index (κ2) is 6.33. The number of nitrogens with one attached hydrogen (secondary N) is 2. The Hall–Kier alpha value is -1.89. The van der Waals surface area contributed by atoms with E-state index < -0.39 is 16.1 Å². The Morgan fingerprint density at radius 3 is 2.21 bits per heavy atom. The summed E-state index contributed by atoms with van der Waals surface area (Å²) in [5, 5.41) is 2.40. The van der Waals surface area contributed by atoms with Gasteiger partial charge in [0.1, 0.15) is 0 Å². The standard InChI is InChI=1S/C12H16N2O4S/c1-3-8-13-12(16)14-19(17,18)11-6-4-10(5-7-11)9(2)15/h4-7H,3,8H2,1-2H3,(H2,13,14,16). The van der Waals surface area contributed by atoms with Gasteiger partial charge >= 0.3 is 6.03 Å². The molecule has 0 radical (unpaired) electrons. The number of carbonyl (C=O) groups is 2. The molecule has 6 nitrogen and oxygen atoms in total. The Balaban J connectivity index is 2.82. The molecule has 2 amide bonds. The molecule has 7 heteroatoms. The molecule has 0 aromatic heterocycles. The smallest absolute Gasteiger partial charge is 0.328 e. The second-order valence-corrected chi connectivity index (χ2v) is 5.62. The molecule has 0 bridgehead atoms. The molecule has 0 fully saturated rings. The van der Waals surface area contributed by atoms with Gasteiger partial charge in [-0.3, -0.25) is 4.79 Å². The number of Topliss-reactive ketones (excluding diaryl/α,β-unsaturated/α-hetero) is 1. The molecule has 0 saturated carbocycles. The summed E-state index contributed by atoms with van der Waals surface area (Å²) in [6, 6.07) is 4.61. The number of rotatable bonds is 5. The van der Waals surface area contributed by atoms with E-state index in [2.05, 4.69) is 5.32 Å². The quantitative estimate of drug-likeness (QED) is 0.797. The molecule has 0 aliphatic carbocycles. The summed E-state index contributed by atoms with van der Waals surface area (Å²) in [5.41, 5.74) is 0.411. The molecule has 104 valence electrons. The van der Waals surface area contributed by atoms with E-state index in [1.807, 2.05) is 11.6 Å². The zero-order valence-corrected chi connectivity index (χ0v) is 11.6. The molecule has 0 unspecified atom stereocenters. The van der Waals surface area contributed by atoms with Crippen molar-refractivity contribution in [3.63, 3.8) is 0 Å². The zero-order chi connectivity index (χ0) is 14.5. The summed E-state index contributed by atoms with van der Waals surface area (Å²) in [6.45, 7) is 3.64. The lowest BCUT2D eigenvalue weighted by Crippen LogP contribution is -2.39. The minimum atomic E-state index is -3.91. The van der Waals surface area contributed by atoms with Gasteiger partial charge in [0.25, 0.3) is 10.0 Å². The number of urea groups is 1. The highest BCUT2D eigenvalue weighted by atomic mass is 32.2. The first-order valence-corrected chi connectivity index (χ1v) is 7.27. The molecule has 0 heterocycles. The van der Waals surface area contributed by atoms with Crippen molar-refractivity contribution in [2.45, 2.75) is 25.2 Å². The van der Waals surface area contributed by atoms with Gasteiger partial charge in [-0.1, -0.05) is 19.1 Å². The molecule has 1 aromatic carbocycles. The van der Waals surface area contributed by atoms with Crippen LogP contribution in [0.2, 0.25) is 0 Å². The Morgan fingerprint density at radius 1 is 1.16 bits per heavy atom. The number of sulfonamides is 1. The molecule has 0 aliphatic rings. The lowest BCUT2D eigenvalue weighted by Gasteiger charge is -2.08. The Kier molecular flexibility index (Phi) is 5.05. The number of ketones is 1. The molecule has 0 spiro atoms. The summed E-state index contributed by atoms with van der Waals surface area (Å²) in [7, 11) is -3.91. The monoisotopic (exact) mass is 284 g/mol. The summed E-state index contributed by atoms with van der Waals surface area (Å²) < 4.78 is 25.6. The topological polar surface area (TPSA) is 92.3 Å². The van der Waals surface area contributed by atoms with Gasteiger partial charge in [0, 0.05) is 12.1 Å². The van der Waals surface area contributed by atoms with Gasteiger partial charge in [0.15, 0.2) is 5.78 Å². The maximum absolute atomic E-state index is 11.8. The van der Waals surface area contributed by atoms with E-state index in [0.717, 1.165) is 0 Å². The van der Waals surface area contributed by atoms with Crippen molar-refractivity contribution in [3.8, 4) is 0 Å². The molecule has 2 N–H and O–H groups in total. The first-order chi connectivity index (χ1) is 8.86.